The first-order valence-corrected chi connectivity index (χ1v) is 7.68. The fraction of sp³-hybridized carbons (Fsp3) is 0.667. The minimum absolute atomic E-state index is 0.130. The molecule has 21 heavy (non-hydrogen) atoms. The number of halogens is 1. The van der Waals surface area contributed by atoms with Crippen molar-refractivity contribution in [3.05, 3.63) is 22.8 Å². The molecule has 3 rings (SSSR count). The average Bonchev–Trinajstić information content (AvgIpc) is 3.14. The summed E-state index contributed by atoms with van der Waals surface area (Å²) in [5.41, 5.74) is 0.912. The van der Waals surface area contributed by atoms with Crippen molar-refractivity contribution in [2.24, 2.45) is 0 Å². The zero-order valence-electron chi connectivity index (χ0n) is 11.7. The van der Waals surface area contributed by atoms with Crippen LogP contribution in [0.4, 0.5) is 4.39 Å². The summed E-state index contributed by atoms with van der Waals surface area (Å²) in [6, 6.07) is 0.130. The van der Waals surface area contributed by atoms with Gasteiger partial charge in [0.2, 0.25) is 5.89 Å². The molecule has 114 valence electrons. The van der Waals surface area contributed by atoms with Crippen molar-refractivity contribution in [2.75, 3.05) is 13.1 Å². The minimum Gasteiger partial charge on any atom is -0.340 e. The van der Waals surface area contributed by atoms with Gasteiger partial charge in [-0.15, -0.1) is 5.10 Å². The van der Waals surface area contributed by atoms with Crippen LogP contribution in [0.5, 0.6) is 0 Å². The van der Waals surface area contributed by atoms with Crippen molar-refractivity contribution >= 4 is 11.5 Å². The third-order valence-electron chi connectivity index (χ3n) is 3.48. The highest BCUT2D eigenvalue weighted by Crippen LogP contribution is 2.21. The van der Waals surface area contributed by atoms with Crippen LogP contribution in [0.2, 0.25) is 0 Å². The molecule has 0 aliphatic carbocycles. The molecule has 1 N–H and O–H groups in total. The number of alkyl halides is 1. The number of likely N-dealkylation sites (tertiary alicyclic amines) is 1. The molecule has 0 unspecified atom stereocenters. The summed E-state index contributed by atoms with van der Waals surface area (Å²) in [5, 5.41) is 13.0. The molecule has 0 aromatic carbocycles. The van der Waals surface area contributed by atoms with Gasteiger partial charge in [0.25, 0.3) is 0 Å². The van der Waals surface area contributed by atoms with Crippen molar-refractivity contribution in [1.29, 1.82) is 0 Å². The Hall–Kier alpha value is -1.45. The lowest BCUT2D eigenvalue weighted by Gasteiger charge is -2.22. The number of rotatable bonds is 6. The van der Waals surface area contributed by atoms with Gasteiger partial charge in [-0.1, -0.05) is 9.64 Å². The van der Waals surface area contributed by atoms with Crippen molar-refractivity contribution in [3.63, 3.8) is 0 Å². The Morgan fingerprint density at radius 2 is 2.48 bits per heavy atom. The average molecular weight is 312 g/mol. The van der Waals surface area contributed by atoms with E-state index in [1.807, 2.05) is 5.38 Å². The Balaban J connectivity index is 1.52. The molecular formula is C12H17FN6OS. The lowest BCUT2D eigenvalue weighted by molar-refractivity contribution is 0.221. The molecular weight excluding hydrogens is 295 g/mol. The van der Waals surface area contributed by atoms with Gasteiger partial charge in [-0.2, -0.15) is 4.98 Å². The lowest BCUT2D eigenvalue weighted by atomic mass is 10.2. The number of nitrogens with zero attached hydrogens (tertiary/aromatic N) is 5. The molecule has 1 aliphatic heterocycles. The minimum atomic E-state index is -0.800. The second-order valence-electron chi connectivity index (χ2n) is 5.17. The van der Waals surface area contributed by atoms with Crippen molar-refractivity contribution < 1.29 is 8.91 Å². The summed E-state index contributed by atoms with van der Waals surface area (Å²) < 4.78 is 22.4. The van der Waals surface area contributed by atoms with E-state index in [-0.39, 0.29) is 6.04 Å². The first-order valence-electron chi connectivity index (χ1n) is 6.84. The van der Waals surface area contributed by atoms with Crippen LogP contribution < -0.4 is 5.32 Å². The van der Waals surface area contributed by atoms with Crippen molar-refractivity contribution in [2.45, 2.75) is 38.6 Å². The highest BCUT2D eigenvalue weighted by atomic mass is 32.1. The van der Waals surface area contributed by atoms with E-state index in [1.54, 1.807) is 6.92 Å². The quantitative estimate of drug-likeness (QED) is 0.850. The maximum atomic E-state index is 13.7. The fourth-order valence-corrected chi connectivity index (χ4v) is 2.99. The highest BCUT2D eigenvalue weighted by molar-refractivity contribution is 7.03. The monoisotopic (exact) mass is 312 g/mol. The van der Waals surface area contributed by atoms with Gasteiger partial charge in [0.1, 0.15) is 6.17 Å². The van der Waals surface area contributed by atoms with Gasteiger partial charge < -0.3 is 9.84 Å². The maximum absolute atomic E-state index is 13.7. The largest absolute Gasteiger partial charge is 0.340 e. The van der Waals surface area contributed by atoms with Crippen LogP contribution in [0.3, 0.4) is 0 Å². The first-order chi connectivity index (χ1) is 10.2. The van der Waals surface area contributed by atoms with Gasteiger partial charge in [-0.3, -0.25) is 4.90 Å². The predicted molar refractivity (Wildman–Crippen MR) is 74.4 cm³/mol. The maximum Gasteiger partial charge on any atom is 0.223 e. The van der Waals surface area contributed by atoms with E-state index in [1.165, 1.54) is 11.5 Å². The summed E-state index contributed by atoms with van der Waals surface area (Å²) in [5.74, 6) is 1.14. The van der Waals surface area contributed by atoms with E-state index in [9.17, 15) is 4.39 Å². The van der Waals surface area contributed by atoms with Gasteiger partial charge in [-0.05, 0) is 18.0 Å². The zero-order valence-corrected chi connectivity index (χ0v) is 12.5. The van der Waals surface area contributed by atoms with Gasteiger partial charge in [0.05, 0.1) is 12.2 Å². The van der Waals surface area contributed by atoms with E-state index in [0.717, 1.165) is 5.69 Å². The number of hydrogen-bond acceptors (Lipinski definition) is 8. The molecule has 1 fully saturated rings. The van der Waals surface area contributed by atoms with Crippen LogP contribution in [0, 0.1) is 6.92 Å². The summed E-state index contributed by atoms with van der Waals surface area (Å²) >= 11 is 1.33. The van der Waals surface area contributed by atoms with Gasteiger partial charge in [0.15, 0.2) is 5.82 Å². The SMILES string of the molecule is Cc1nc(CN2C[C@@H](F)C[C@H]2CNCc2csnn2)no1. The van der Waals surface area contributed by atoms with Crippen LogP contribution in [0.25, 0.3) is 0 Å². The summed E-state index contributed by atoms with van der Waals surface area (Å²) in [4.78, 5) is 6.23. The second-order valence-corrected chi connectivity index (χ2v) is 5.78. The summed E-state index contributed by atoms with van der Waals surface area (Å²) in [6.45, 7) is 4.04. The highest BCUT2D eigenvalue weighted by Gasteiger charge is 2.32. The van der Waals surface area contributed by atoms with Crippen LogP contribution >= 0.6 is 11.5 Å². The third kappa shape index (κ3) is 3.80. The summed E-state index contributed by atoms with van der Waals surface area (Å²) in [7, 11) is 0. The first kappa shape index (κ1) is 14.5. The Labute approximate surface area is 125 Å². The second kappa shape index (κ2) is 6.54. The molecule has 0 bridgehead atoms. The molecule has 2 atom stereocenters. The van der Waals surface area contributed by atoms with E-state index in [4.69, 9.17) is 4.52 Å². The van der Waals surface area contributed by atoms with Gasteiger partial charge in [-0.25, -0.2) is 4.39 Å². The molecule has 1 saturated heterocycles. The fourth-order valence-electron chi connectivity index (χ4n) is 2.54. The van der Waals surface area contributed by atoms with Crippen LogP contribution in [-0.2, 0) is 13.1 Å². The number of aromatic nitrogens is 4. The zero-order chi connectivity index (χ0) is 14.7. The Morgan fingerprint density at radius 3 is 3.19 bits per heavy atom. The van der Waals surface area contributed by atoms with Crippen LogP contribution in [0.1, 0.15) is 23.8 Å². The molecule has 0 amide bonds. The van der Waals surface area contributed by atoms with Gasteiger partial charge >= 0.3 is 0 Å². The molecule has 0 radical (unpaired) electrons. The molecule has 0 spiro atoms. The molecule has 2 aromatic rings. The molecule has 9 heteroatoms. The van der Waals surface area contributed by atoms with Gasteiger partial charge in [0, 0.05) is 38.0 Å². The van der Waals surface area contributed by atoms with Crippen LogP contribution in [-0.4, -0.2) is 49.9 Å². The number of nitrogens with one attached hydrogen (secondary N) is 1. The molecule has 0 saturated carbocycles. The third-order valence-corrected chi connectivity index (χ3v) is 4.04. The molecule has 1 aliphatic rings. The smallest absolute Gasteiger partial charge is 0.223 e. The number of hydrogen-bond donors (Lipinski definition) is 1. The normalized spacial score (nSPS) is 23.0. The summed E-state index contributed by atoms with van der Waals surface area (Å²) in [6.07, 6.45) is -0.273. The van der Waals surface area contributed by atoms with Crippen molar-refractivity contribution in [1.82, 2.24) is 29.9 Å². The van der Waals surface area contributed by atoms with Crippen LogP contribution in [0.15, 0.2) is 9.90 Å². The van der Waals surface area contributed by atoms with E-state index < -0.39 is 6.17 Å². The standard InChI is InChI=1S/C12H17FN6OS/c1-8-15-12(17-20-8)6-19-5-9(13)2-11(19)4-14-3-10-7-21-18-16-10/h7,9,11,14H,2-6H2,1H3/t9-,11-/m0/s1. The molecule has 2 aromatic heterocycles. The molecule has 3 heterocycles. The Morgan fingerprint density at radius 1 is 1.57 bits per heavy atom. The lowest BCUT2D eigenvalue weighted by Crippen LogP contribution is -2.37. The predicted octanol–water partition coefficient (Wildman–Crippen LogP) is 0.932. The number of aryl methyl sites for hydroxylation is 1. The van der Waals surface area contributed by atoms with E-state index in [2.05, 4.69) is 29.9 Å². The van der Waals surface area contributed by atoms with E-state index in [0.29, 0.717) is 44.3 Å². The Kier molecular flexibility index (Phi) is 4.51. The Bertz CT molecular complexity index is 562. The topological polar surface area (TPSA) is 80.0 Å². The van der Waals surface area contributed by atoms with Crippen molar-refractivity contribution in [3.8, 4) is 0 Å². The van der Waals surface area contributed by atoms with E-state index >= 15 is 0 Å². The molecule has 7 nitrogen and oxygen atoms in total.